The van der Waals surface area contributed by atoms with Crippen LogP contribution in [0.25, 0.3) is 5.84 Å². The SMILES string of the molecule is CCN([NH-])[C]#[U]. The molecule has 0 aliphatic rings. The summed E-state index contributed by atoms with van der Waals surface area (Å²) in [7, 11) is 0. The summed E-state index contributed by atoms with van der Waals surface area (Å²) >= 11 is 0.691. The van der Waals surface area contributed by atoms with Crippen LogP contribution in [0, 0.1) is 31.6 Å². The molecule has 33 valence electrons. The summed E-state index contributed by atoms with van der Waals surface area (Å²) in [6.45, 7) is 2.69. The van der Waals surface area contributed by atoms with Crippen LogP contribution in [-0.4, -0.2) is 11.6 Å². The van der Waals surface area contributed by atoms with E-state index in [2.05, 4.69) is 2.94 Å². The quantitative estimate of drug-likeness (QED) is 0.518. The second kappa shape index (κ2) is 3.93. The third-order valence-electron chi connectivity index (χ3n) is 0.451. The standard InChI is InChI=1S/C3H6N2.U/c1-3-5(2)4;/h4H,3H2,1H3;/q-1;. The van der Waals surface area contributed by atoms with E-state index >= 15 is 0 Å². The average Bonchev–Trinajstić information content (AvgIpc) is 1.65. The Balaban J connectivity index is 3.04. The molecule has 0 atom stereocenters. The molecule has 0 bridgehead atoms. The maximum absolute atomic E-state index is 6.83. The Morgan fingerprint density at radius 1 is 2.00 bits per heavy atom. The fraction of sp³-hybridized carbons (Fsp3) is 0.667. The normalized spacial score (nSPS) is 8.83. The number of hydrogen-bond acceptors (Lipinski definition) is 1. The minimum absolute atomic E-state index is 0.691. The molecule has 0 spiro atoms. The number of hydrogen-bond donors (Lipinski definition) is 0. The van der Waals surface area contributed by atoms with E-state index in [-0.39, 0.29) is 0 Å². The topological polar surface area (TPSA) is 27.0 Å². The summed E-state index contributed by atoms with van der Waals surface area (Å²) in [5, 5.41) is 1.32. The molecule has 0 radical (unpaired) electrons. The molecule has 0 fully saturated rings. The van der Waals surface area contributed by atoms with Gasteiger partial charge in [-0.05, 0) is 0 Å². The minimum atomic E-state index is 0.691. The van der Waals surface area contributed by atoms with Gasteiger partial charge in [0.05, 0.1) is 0 Å². The van der Waals surface area contributed by atoms with Crippen molar-refractivity contribution in [3.05, 3.63) is 5.84 Å². The summed E-state index contributed by atoms with van der Waals surface area (Å²) in [6, 6.07) is 0. The van der Waals surface area contributed by atoms with E-state index in [1.54, 1.807) is 0 Å². The van der Waals surface area contributed by atoms with Crippen LogP contribution in [0.1, 0.15) is 6.92 Å². The predicted octanol–water partition coefficient (Wildman–Crippen LogP) is 0.742. The molecule has 0 aromatic rings. The number of nitrogens with one attached hydrogen (secondary N) is 1. The van der Waals surface area contributed by atoms with Crippen LogP contribution in [-0.2, 0) is 0 Å². The van der Waals surface area contributed by atoms with Gasteiger partial charge < -0.3 is 0 Å². The zero-order chi connectivity index (χ0) is 4.99. The molecule has 0 unspecified atom stereocenters. The van der Waals surface area contributed by atoms with Gasteiger partial charge in [0.25, 0.3) is 0 Å². The van der Waals surface area contributed by atoms with Gasteiger partial charge in [-0.2, -0.15) is 0 Å². The molecule has 6 heavy (non-hydrogen) atoms. The van der Waals surface area contributed by atoms with E-state index in [4.69, 9.17) is 5.84 Å². The van der Waals surface area contributed by atoms with E-state index in [1.165, 1.54) is 5.01 Å². The molecule has 0 rings (SSSR count). The molecule has 1 N–H and O–H groups in total. The van der Waals surface area contributed by atoms with Crippen molar-refractivity contribution in [2.24, 2.45) is 0 Å². The zero-order valence-electron chi connectivity index (χ0n) is 3.65. The first-order valence-corrected chi connectivity index (χ1v) is 3.80. The molecule has 0 aliphatic carbocycles. The van der Waals surface area contributed by atoms with Gasteiger partial charge in [-0.15, -0.1) is 0 Å². The second-order valence-corrected chi connectivity index (χ2v) is 1.79. The fourth-order valence-corrected chi connectivity index (χ4v) is 0.737. The molecular weight excluding hydrogens is 302 g/mol. The summed E-state index contributed by atoms with van der Waals surface area (Å²) < 4.78 is 2.78. The van der Waals surface area contributed by atoms with Crippen LogP contribution < -0.4 is 0 Å². The van der Waals surface area contributed by atoms with Crippen molar-refractivity contribution in [2.45, 2.75) is 6.92 Å². The van der Waals surface area contributed by atoms with Gasteiger partial charge in [-0.3, -0.25) is 0 Å². The molecule has 0 aromatic heterocycles. The third kappa shape index (κ3) is 2.96. The molecule has 0 aliphatic heterocycles. The van der Waals surface area contributed by atoms with E-state index in [1.807, 2.05) is 6.92 Å². The Labute approximate surface area is 55.9 Å². The third-order valence-corrected chi connectivity index (χ3v) is 1.58. The summed E-state index contributed by atoms with van der Waals surface area (Å²) in [6.07, 6.45) is 0. The van der Waals surface area contributed by atoms with Crippen molar-refractivity contribution in [3.8, 4) is 2.94 Å². The Morgan fingerprint density at radius 2 is 2.50 bits per heavy atom. The summed E-state index contributed by atoms with van der Waals surface area (Å²) in [5.41, 5.74) is 0. The van der Waals surface area contributed by atoms with Crippen molar-refractivity contribution in [1.82, 2.24) is 5.01 Å². The Morgan fingerprint density at radius 3 is 2.50 bits per heavy atom. The second-order valence-electron chi connectivity index (χ2n) is 0.856. The first-order valence-electron chi connectivity index (χ1n) is 1.72. The van der Waals surface area contributed by atoms with Crippen molar-refractivity contribution in [3.63, 3.8) is 0 Å². The van der Waals surface area contributed by atoms with Crippen LogP contribution >= 0.6 is 0 Å². The maximum atomic E-state index is 6.83. The Bertz CT molecular complexity index is 65.7. The van der Waals surface area contributed by atoms with Crippen molar-refractivity contribution in [1.29, 1.82) is 0 Å². The van der Waals surface area contributed by atoms with Gasteiger partial charge >= 0.3 is 56.0 Å². The van der Waals surface area contributed by atoms with E-state index in [0.717, 1.165) is 6.54 Å². The number of nitrogens with zero attached hydrogens (tertiary/aromatic N) is 1. The van der Waals surface area contributed by atoms with Crippen LogP contribution in [0.15, 0.2) is 0 Å². The van der Waals surface area contributed by atoms with E-state index < -0.39 is 0 Å². The summed E-state index contributed by atoms with van der Waals surface area (Å²) in [5.74, 6) is 6.83. The van der Waals surface area contributed by atoms with Crippen LogP contribution in [0.5, 0.6) is 0 Å². The molecule has 0 amide bonds. The van der Waals surface area contributed by atoms with Gasteiger partial charge in [0.1, 0.15) is 0 Å². The molecular formula is C3H6N2U-. The average molecular weight is 308 g/mol. The van der Waals surface area contributed by atoms with Crippen molar-refractivity contribution >= 4 is 0 Å². The van der Waals surface area contributed by atoms with Crippen LogP contribution in [0.4, 0.5) is 0 Å². The Kier molecular flexibility index (Phi) is 4.42. The molecule has 0 aromatic carbocycles. The first kappa shape index (κ1) is 6.75. The van der Waals surface area contributed by atoms with Crippen molar-refractivity contribution < 1.29 is 28.7 Å². The van der Waals surface area contributed by atoms with Crippen molar-refractivity contribution in [2.75, 3.05) is 6.54 Å². The zero-order valence-corrected chi connectivity index (χ0v) is 7.82. The monoisotopic (exact) mass is 308 g/mol. The molecule has 2 nitrogen and oxygen atoms in total. The molecule has 0 heterocycles. The van der Waals surface area contributed by atoms with Gasteiger partial charge in [-0.1, -0.05) is 0 Å². The summed E-state index contributed by atoms with van der Waals surface area (Å²) in [4.78, 5) is 0. The first-order chi connectivity index (χ1) is 2.81. The fourth-order valence-electron chi connectivity index (χ4n) is 0.0791. The number of rotatable bonds is 1. The van der Waals surface area contributed by atoms with Gasteiger partial charge in [-0.25, -0.2) is 0 Å². The molecule has 0 saturated heterocycles. The van der Waals surface area contributed by atoms with E-state index in [9.17, 15) is 0 Å². The Hall–Kier alpha value is 0.752. The van der Waals surface area contributed by atoms with Gasteiger partial charge in [0.2, 0.25) is 0 Å². The van der Waals surface area contributed by atoms with Gasteiger partial charge in [0.15, 0.2) is 0 Å². The molecule has 3 heteroatoms. The predicted molar refractivity (Wildman–Crippen MR) is 20.6 cm³/mol. The molecule has 0 saturated carbocycles. The van der Waals surface area contributed by atoms with Crippen LogP contribution in [0.2, 0.25) is 0 Å². The van der Waals surface area contributed by atoms with Crippen LogP contribution in [0.3, 0.4) is 0 Å². The van der Waals surface area contributed by atoms with Gasteiger partial charge in [0, 0.05) is 0 Å². The van der Waals surface area contributed by atoms with E-state index in [0.29, 0.717) is 28.7 Å².